The van der Waals surface area contributed by atoms with Crippen LogP contribution in [-0.2, 0) is 0 Å². The molecule has 0 bridgehead atoms. The Bertz CT molecular complexity index is 198. The van der Waals surface area contributed by atoms with Crippen LogP contribution in [0.25, 0.3) is 0 Å². The summed E-state index contributed by atoms with van der Waals surface area (Å²) in [7, 11) is 0. The molecule has 0 rings (SSSR count). The number of rotatable bonds is 9. The zero-order chi connectivity index (χ0) is 13.4. The summed E-state index contributed by atoms with van der Waals surface area (Å²) < 4.78 is 0. The minimum absolute atomic E-state index is 0.250. The van der Waals surface area contributed by atoms with Gasteiger partial charge in [0.25, 0.3) is 0 Å². The maximum atomic E-state index is 3.76. The van der Waals surface area contributed by atoms with E-state index in [0.717, 1.165) is 6.54 Å². The fourth-order valence-electron chi connectivity index (χ4n) is 1.97. The van der Waals surface area contributed by atoms with E-state index in [2.05, 4.69) is 46.5 Å². The van der Waals surface area contributed by atoms with Crippen LogP contribution in [0.1, 0.15) is 73.1 Å². The zero-order valence-corrected chi connectivity index (χ0v) is 12.7. The Morgan fingerprint density at radius 3 is 2.12 bits per heavy atom. The van der Waals surface area contributed by atoms with Gasteiger partial charge in [0.05, 0.1) is 0 Å². The van der Waals surface area contributed by atoms with Crippen molar-refractivity contribution in [1.82, 2.24) is 5.32 Å². The Balaban J connectivity index is 3.61. The van der Waals surface area contributed by atoms with Crippen LogP contribution in [0.5, 0.6) is 0 Å². The van der Waals surface area contributed by atoms with Crippen molar-refractivity contribution in [1.29, 1.82) is 0 Å². The first-order chi connectivity index (χ1) is 7.77. The molecule has 1 nitrogen and oxygen atoms in total. The summed E-state index contributed by atoms with van der Waals surface area (Å²) in [6, 6.07) is 0. The van der Waals surface area contributed by atoms with Crippen molar-refractivity contribution >= 4 is 0 Å². The molecule has 0 saturated heterocycles. The summed E-state index contributed by atoms with van der Waals surface area (Å²) in [4.78, 5) is 0. The summed E-state index contributed by atoms with van der Waals surface area (Å²) in [6.07, 6.45) is 9.82. The van der Waals surface area contributed by atoms with E-state index in [-0.39, 0.29) is 5.54 Å². The summed E-state index contributed by atoms with van der Waals surface area (Å²) in [5.74, 6) is 0. The summed E-state index contributed by atoms with van der Waals surface area (Å²) in [5, 5.41) is 3.58. The van der Waals surface area contributed by atoms with Crippen LogP contribution in [0.15, 0.2) is 12.7 Å². The molecule has 0 aliphatic heterocycles. The van der Waals surface area contributed by atoms with E-state index in [4.69, 9.17) is 0 Å². The van der Waals surface area contributed by atoms with Gasteiger partial charge in [-0.15, -0.1) is 6.58 Å². The summed E-state index contributed by atoms with van der Waals surface area (Å²) in [6.45, 7) is 16.4. The molecule has 0 radical (unpaired) electrons. The smallest absolute Gasteiger partial charge is 0.00965 e. The van der Waals surface area contributed by atoms with Crippen molar-refractivity contribution in [3.05, 3.63) is 12.7 Å². The molecule has 0 aromatic rings. The van der Waals surface area contributed by atoms with Crippen LogP contribution in [0.3, 0.4) is 0 Å². The Kier molecular flexibility index (Phi) is 7.78. The summed E-state index contributed by atoms with van der Waals surface area (Å²) in [5.41, 5.74) is 0.729. The number of hydrogen-bond donors (Lipinski definition) is 1. The van der Waals surface area contributed by atoms with Crippen LogP contribution >= 0.6 is 0 Å². The number of allylic oxidation sites excluding steroid dienone is 1. The summed E-state index contributed by atoms with van der Waals surface area (Å²) >= 11 is 0. The van der Waals surface area contributed by atoms with E-state index < -0.39 is 0 Å². The molecule has 0 saturated carbocycles. The molecule has 0 aromatic carbocycles. The van der Waals surface area contributed by atoms with E-state index >= 15 is 0 Å². The van der Waals surface area contributed by atoms with Gasteiger partial charge in [-0.05, 0) is 58.4 Å². The van der Waals surface area contributed by atoms with Gasteiger partial charge in [-0.3, -0.25) is 0 Å². The molecule has 1 heteroatoms. The largest absolute Gasteiger partial charge is 0.312 e. The van der Waals surface area contributed by atoms with Crippen molar-refractivity contribution in [3.63, 3.8) is 0 Å². The molecule has 0 aliphatic carbocycles. The van der Waals surface area contributed by atoms with Crippen LogP contribution in [0.2, 0.25) is 0 Å². The highest BCUT2D eigenvalue weighted by atomic mass is 14.9. The first-order valence-corrected chi connectivity index (χ1v) is 7.13. The lowest BCUT2D eigenvalue weighted by Crippen LogP contribution is -2.37. The van der Waals surface area contributed by atoms with E-state index in [0.29, 0.717) is 5.41 Å². The Morgan fingerprint density at radius 1 is 0.941 bits per heavy atom. The second-order valence-corrected chi connectivity index (χ2v) is 6.98. The third-order valence-corrected chi connectivity index (χ3v) is 3.22. The molecule has 1 N–H and O–H groups in total. The second kappa shape index (κ2) is 7.92. The van der Waals surface area contributed by atoms with Crippen molar-refractivity contribution in [2.75, 3.05) is 6.54 Å². The van der Waals surface area contributed by atoms with E-state index in [9.17, 15) is 0 Å². The normalized spacial score (nSPS) is 12.8. The van der Waals surface area contributed by atoms with Crippen molar-refractivity contribution < 1.29 is 0 Å². The van der Waals surface area contributed by atoms with Gasteiger partial charge in [0.2, 0.25) is 0 Å². The van der Waals surface area contributed by atoms with E-state index in [1.807, 2.05) is 6.08 Å². The minimum atomic E-state index is 0.250. The third-order valence-electron chi connectivity index (χ3n) is 3.22. The molecule has 0 spiro atoms. The van der Waals surface area contributed by atoms with Gasteiger partial charge in [-0.25, -0.2) is 0 Å². The van der Waals surface area contributed by atoms with E-state index in [1.54, 1.807) is 0 Å². The molecule has 0 unspecified atom stereocenters. The van der Waals surface area contributed by atoms with Crippen LogP contribution in [-0.4, -0.2) is 12.1 Å². The highest BCUT2D eigenvalue weighted by molar-refractivity contribution is 4.75. The Labute approximate surface area is 109 Å². The first-order valence-electron chi connectivity index (χ1n) is 7.13. The molecule has 0 amide bonds. The van der Waals surface area contributed by atoms with Gasteiger partial charge >= 0.3 is 0 Å². The van der Waals surface area contributed by atoms with E-state index in [1.165, 1.54) is 38.5 Å². The van der Waals surface area contributed by atoms with Crippen molar-refractivity contribution in [2.45, 2.75) is 78.7 Å². The van der Waals surface area contributed by atoms with Gasteiger partial charge in [0.1, 0.15) is 0 Å². The third kappa shape index (κ3) is 12.0. The molecule has 102 valence electrons. The predicted molar refractivity (Wildman–Crippen MR) is 79.4 cm³/mol. The molecule has 0 fully saturated rings. The fourth-order valence-corrected chi connectivity index (χ4v) is 1.97. The first kappa shape index (κ1) is 16.7. The number of nitrogens with one attached hydrogen (secondary N) is 1. The molecule has 0 aromatic heterocycles. The lowest BCUT2D eigenvalue weighted by Gasteiger charge is -2.28. The molecule has 0 atom stereocenters. The maximum Gasteiger partial charge on any atom is 0.00965 e. The van der Waals surface area contributed by atoms with Gasteiger partial charge in [0.15, 0.2) is 0 Å². The zero-order valence-electron chi connectivity index (χ0n) is 12.7. The second-order valence-electron chi connectivity index (χ2n) is 6.98. The lowest BCUT2D eigenvalue weighted by atomic mass is 9.83. The highest BCUT2D eigenvalue weighted by Gasteiger charge is 2.18. The molecule has 17 heavy (non-hydrogen) atoms. The predicted octanol–water partition coefficient (Wildman–Crippen LogP) is 4.93. The minimum Gasteiger partial charge on any atom is -0.312 e. The molecular formula is C16H33N. The van der Waals surface area contributed by atoms with Gasteiger partial charge in [-0.1, -0.05) is 32.8 Å². The van der Waals surface area contributed by atoms with Gasteiger partial charge in [0, 0.05) is 5.54 Å². The monoisotopic (exact) mass is 239 g/mol. The van der Waals surface area contributed by atoms with Gasteiger partial charge < -0.3 is 5.32 Å². The van der Waals surface area contributed by atoms with Crippen molar-refractivity contribution in [3.8, 4) is 0 Å². The maximum absolute atomic E-state index is 3.76. The molecule has 0 heterocycles. The SMILES string of the molecule is C=CCCCCCC(C)(C)CCNC(C)(C)C. The number of hydrogen-bond acceptors (Lipinski definition) is 1. The number of unbranched alkanes of at least 4 members (excludes halogenated alkanes) is 3. The Morgan fingerprint density at radius 2 is 1.59 bits per heavy atom. The highest BCUT2D eigenvalue weighted by Crippen LogP contribution is 2.27. The Hall–Kier alpha value is -0.300. The van der Waals surface area contributed by atoms with Crippen molar-refractivity contribution in [2.24, 2.45) is 5.41 Å². The lowest BCUT2D eigenvalue weighted by molar-refractivity contribution is 0.275. The van der Waals surface area contributed by atoms with Crippen LogP contribution < -0.4 is 5.32 Å². The molecular weight excluding hydrogens is 206 g/mol. The average Bonchev–Trinajstić information content (AvgIpc) is 2.14. The standard InChI is InChI=1S/C16H33N/c1-7-8-9-10-11-12-16(5,6)13-14-17-15(2,3)4/h7,17H,1,8-14H2,2-6H3. The fraction of sp³-hybridized carbons (Fsp3) is 0.875. The van der Waals surface area contributed by atoms with Crippen LogP contribution in [0, 0.1) is 5.41 Å². The topological polar surface area (TPSA) is 12.0 Å². The van der Waals surface area contributed by atoms with Crippen LogP contribution in [0.4, 0.5) is 0 Å². The van der Waals surface area contributed by atoms with Gasteiger partial charge in [-0.2, -0.15) is 0 Å². The quantitative estimate of drug-likeness (QED) is 0.444. The average molecular weight is 239 g/mol. The molecule has 0 aliphatic rings.